The first-order valence-electron chi connectivity index (χ1n) is 6.19. The zero-order valence-corrected chi connectivity index (χ0v) is 10.8. The highest BCUT2D eigenvalue weighted by molar-refractivity contribution is 5.86. The van der Waals surface area contributed by atoms with Crippen LogP contribution in [0.2, 0.25) is 0 Å². The van der Waals surface area contributed by atoms with Gasteiger partial charge in [-0.3, -0.25) is 4.79 Å². The maximum absolute atomic E-state index is 11.8. The number of benzene rings is 1. The Kier molecular flexibility index (Phi) is 6.20. The number of carboxylic acids is 1. The van der Waals surface area contributed by atoms with Gasteiger partial charge in [0.15, 0.2) is 6.10 Å². The summed E-state index contributed by atoms with van der Waals surface area (Å²) in [5.41, 5.74) is 0.395. The first-order valence-corrected chi connectivity index (χ1v) is 6.19. The summed E-state index contributed by atoms with van der Waals surface area (Å²) in [4.78, 5) is 22.8. The Labute approximate surface area is 116 Å². The van der Waals surface area contributed by atoms with Crippen molar-refractivity contribution in [3.05, 3.63) is 35.9 Å². The average Bonchev–Trinajstić information content (AvgIpc) is 2.46. The number of nitrogens with zero attached hydrogens (tertiary/aromatic N) is 1. The average molecular weight is 276 g/mol. The standard InChI is InChI=1S/C14H16N2O4/c15-9-5-4-8-11(14(19)20)16-13(18)12(17)10-6-2-1-3-7-10/h1-3,6-7,11-12,17H,4-5,8H2,(H,16,18)(H,19,20)/t11-,12+/m1/s1. The van der Waals surface area contributed by atoms with Gasteiger partial charge in [-0.25, -0.2) is 4.79 Å². The lowest BCUT2D eigenvalue weighted by Crippen LogP contribution is -2.43. The van der Waals surface area contributed by atoms with Crippen molar-refractivity contribution in [3.63, 3.8) is 0 Å². The second-order valence-electron chi connectivity index (χ2n) is 4.26. The molecule has 0 fully saturated rings. The van der Waals surface area contributed by atoms with E-state index in [0.29, 0.717) is 12.0 Å². The first-order chi connectivity index (χ1) is 9.56. The largest absolute Gasteiger partial charge is 0.480 e. The number of aliphatic hydroxyl groups excluding tert-OH is 1. The molecule has 2 atom stereocenters. The van der Waals surface area contributed by atoms with Gasteiger partial charge in [0, 0.05) is 6.42 Å². The van der Waals surface area contributed by atoms with Gasteiger partial charge < -0.3 is 15.5 Å². The number of carbonyl (C=O) groups is 2. The molecular formula is C14H16N2O4. The Balaban J connectivity index is 2.62. The number of aliphatic carboxylic acids is 1. The molecule has 0 saturated heterocycles. The van der Waals surface area contributed by atoms with Crippen molar-refractivity contribution >= 4 is 11.9 Å². The van der Waals surface area contributed by atoms with Gasteiger partial charge in [-0.15, -0.1) is 0 Å². The van der Waals surface area contributed by atoms with Gasteiger partial charge in [-0.05, 0) is 18.4 Å². The van der Waals surface area contributed by atoms with E-state index in [0.717, 1.165) is 0 Å². The van der Waals surface area contributed by atoms with E-state index >= 15 is 0 Å². The molecule has 6 heteroatoms. The summed E-state index contributed by atoms with van der Waals surface area (Å²) in [6.45, 7) is 0. The third kappa shape index (κ3) is 4.71. The highest BCUT2D eigenvalue weighted by Gasteiger charge is 2.24. The molecule has 1 rings (SSSR count). The minimum atomic E-state index is -1.41. The predicted octanol–water partition coefficient (Wildman–Crippen LogP) is 0.983. The van der Waals surface area contributed by atoms with Crippen LogP contribution < -0.4 is 5.32 Å². The number of hydrogen-bond donors (Lipinski definition) is 3. The summed E-state index contributed by atoms with van der Waals surface area (Å²) in [7, 11) is 0. The zero-order chi connectivity index (χ0) is 15.0. The second-order valence-corrected chi connectivity index (χ2v) is 4.26. The molecule has 0 aliphatic rings. The van der Waals surface area contributed by atoms with Crippen molar-refractivity contribution in [2.45, 2.75) is 31.4 Å². The van der Waals surface area contributed by atoms with Crippen molar-refractivity contribution in [2.75, 3.05) is 0 Å². The molecule has 1 aromatic rings. The molecule has 0 aromatic heterocycles. The highest BCUT2D eigenvalue weighted by atomic mass is 16.4. The number of hydrogen-bond acceptors (Lipinski definition) is 4. The zero-order valence-electron chi connectivity index (χ0n) is 10.8. The van der Waals surface area contributed by atoms with Crippen LogP contribution in [0, 0.1) is 11.3 Å². The van der Waals surface area contributed by atoms with Gasteiger partial charge in [0.2, 0.25) is 0 Å². The number of unbranched alkanes of at least 4 members (excludes halogenated alkanes) is 1. The SMILES string of the molecule is N#CCCC[C@@H](NC(=O)[C@@H](O)c1ccccc1)C(=O)O. The molecule has 1 amide bonds. The lowest BCUT2D eigenvalue weighted by Gasteiger charge is -2.17. The fourth-order valence-electron chi connectivity index (χ4n) is 1.68. The van der Waals surface area contributed by atoms with E-state index in [1.165, 1.54) is 0 Å². The van der Waals surface area contributed by atoms with Gasteiger partial charge in [-0.2, -0.15) is 5.26 Å². The maximum atomic E-state index is 11.8. The molecule has 0 radical (unpaired) electrons. The van der Waals surface area contributed by atoms with E-state index in [-0.39, 0.29) is 12.8 Å². The summed E-state index contributed by atoms with van der Waals surface area (Å²) < 4.78 is 0. The van der Waals surface area contributed by atoms with Crippen LogP contribution in [0.4, 0.5) is 0 Å². The molecule has 0 unspecified atom stereocenters. The summed E-state index contributed by atoms with van der Waals surface area (Å²) in [6, 6.07) is 9.06. The van der Waals surface area contributed by atoms with Crippen molar-refractivity contribution in [3.8, 4) is 6.07 Å². The van der Waals surface area contributed by atoms with Crippen LogP contribution in [0.1, 0.15) is 30.9 Å². The monoisotopic (exact) mass is 276 g/mol. The Bertz CT molecular complexity index is 496. The van der Waals surface area contributed by atoms with Crippen molar-refractivity contribution in [1.29, 1.82) is 5.26 Å². The van der Waals surface area contributed by atoms with Crippen LogP contribution in [-0.2, 0) is 9.59 Å². The molecule has 0 aliphatic heterocycles. The topological polar surface area (TPSA) is 110 Å². The highest BCUT2D eigenvalue weighted by Crippen LogP contribution is 2.13. The van der Waals surface area contributed by atoms with E-state index in [9.17, 15) is 14.7 Å². The second kappa shape index (κ2) is 7.92. The lowest BCUT2D eigenvalue weighted by atomic mass is 10.1. The summed E-state index contributed by atoms with van der Waals surface area (Å²) in [6.07, 6.45) is -0.666. The number of carbonyl (C=O) groups excluding carboxylic acids is 1. The molecule has 106 valence electrons. The van der Waals surface area contributed by atoms with E-state index in [2.05, 4.69) is 5.32 Å². The number of aliphatic hydroxyl groups is 1. The van der Waals surface area contributed by atoms with E-state index < -0.39 is 24.0 Å². The van der Waals surface area contributed by atoms with Crippen LogP contribution >= 0.6 is 0 Å². The smallest absolute Gasteiger partial charge is 0.326 e. The molecule has 6 nitrogen and oxygen atoms in total. The fraction of sp³-hybridized carbons (Fsp3) is 0.357. The van der Waals surface area contributed by atoms with E-state index in [4.69, 9.17) is 10.4 Å². The normalized spacial score (nSPS) is 13.0. The maximum Gasteiger partial charge on any atom is 0.326 e. The van der Waals surface area contributed by atoms with E-state index in [1.54, 1.807) is 30.3 Å². The van der Waals surface area contributed by atoms with Crippen molar-refractivity contribution in [1.82, 2.24) is 5.32 Å². The number of carboxylic acid groups (broad SMARTS) is 1. The molecule has 0 spiro atoms. The molecule has 1 aromatic carbocycles. The fourth-order valence-corrected chi connectivity index (χ4v) is 1.68. The summed E-state index contributed by atoms with van der Waals surface area (Å²) in [5.74, 6) is -1.95. The van der Waals surface area contributed by atoms with Crippen LogP contribution in [-0.4, -0.2) is 28.1 Å². The van der Waals surface area contributed by atoms with Crippen LogP contribution in [0.3, 0.4) is 0 Å². The van der Waals surface area contributed by atoms with Crippen LogP contribution in [0.25, 0.3) is 0 Å². The molecule has 0 saturated carbocycles. The number of rotatable bonds is 7. The van der Waals surface area contributed by atoms with Crippen LogP contribution in [0.15, 0.2) is 30.3 Å². The third-order valence-corrected chi connectivity index (χ3v) is 2.76. The third-order valence-electron chi connectivity index (χ3n) is 2.76. The Morgan fingerprint density at radius 1 is 1.30 bits per heavy atom. The number of nitrogens with one attached hydrogen (secondary N) is 1. The molecule has 0 bridgehead atoms. The molecular weight excluding hydrogens is 260 g/mol. The molecule has 3 N–H and O–H groups in total. The Morgan fingerprint density at radius 3 is 2.50 bits per heavy atom. The molecule has 0 heterocycles. The number of amides is 1. The van der Waals surface area contributed by atoms with Gasteiger partial charge >= 0.3 is 5.97 Å². The molecule has 20 heavy (non-hydrogen) atoms. The Morgan fingerprint density at radius 2 is 1.95 bits per heavy atom. The minimum absolute atomic E-state index is 0.149. The van der Waals surface area contributed by atoms with Gasteiger partial charge in [0.25, 0.3) is 5.91 Å². The lowest BCUT2D eigenvalue weighted by molar-refractivity contribution is -0.143. The van der Waals surface area contributed by atoms with Crippen molar-refractivity contribution < 1.29 is 19.8 Å². The van der Waals surface area contributed by atoms with Gasteiger partial charge in [0.05, 0.1) is 6.07 Å². The quantitative estimate of drug-likeness (QED) is 0.643. The Hall–Kier alpha value is -2.39. The summed E-state index contributed by atoms with van der Waals surface area (Å²) >= 11 is 0. The number of nitriles is 1. The van der Waals surface area contributed by atoms with E-state index in [1.807, 2.05) is 6.07 Å². The minimum Gasteiger partial charge on any atom is -0.480 e. The van der Waals surface area contributed by atoms with Gasteiger partial charge in [-0.1, -0.05) is 30.3 Å². The van der Waals surface area contributed by atoms with Crippen molar-refractivity contribution in [2.24, 2.45) is 0 Å². The first kappa shape index (κ1) is 15.7. The van der Waals surface area contributed by atoms with Gasteiger partial charge in [0.1, 0.15) is 6.04 Å². The predicted molar refractivity (Wildman–Crippen MR) is 70.4 cm³/mol. The summed E-state index contributed by atoms with van der Waals surface area (Å²) in [5, 5.41) is 29.5. The van der Waals surface area contributed by atoms with Crippen LogP contribution in [0.5, 0.6) is 0 Å². The molecule has 0 aliphatic carbocycles.